The summed E-state index contributed by atoms with van der Waals surface area (Å²) in [6.07, 6.45) is 0.375. The smallest absolute Gasteiger partial charge is 0.327 e. The standard InChI is InChI=1S/C7H11N5O3S/c1-12-10-6(9-11-12)3-16-2-5(7(14)15)8-4-13/h4-5H,2-3H2,1H3,(H,8,13)(H,14,15). The quantitative estimate of drug-likeness (QED) is 0.571. The highest BCUT2D eigenvalue weighted by molar-refractivity contribution is 7.98. The summed E-state index contributed by atoms with van der Waals surface area (Å²) in [6.45, 7) is 0. The molecule has 0 fully saturated rings. The van der Waals surface area contributed by atoms with Crippen LogP contribution in [0.1, 0.15) is 5.82 Å². The number of thioether (sulfide) groups is 1. The Kier molecular flexibility index (Phi) is 4.70. The molecule has 0 aliphatic heterocycles. The first kappa shape index (κ1) is 12.4. The first-order valence-corrected chi connectivity index (χ1v) is 5.52. The molecular weight excluding hydrogens is 234 g/mol. The summed E-state index contributed by atoms with van der Waals surface area (Å²) in [4.78, 5) is 22.1. The maximum Gasteiger partial charge on any atom is 0.327 e. The predicted octanol–water partition coefficient (Wildman–Crippen LogP) is -1.36. The summed E-state index contributed by atoms with van der Waals surface area (Å²) >= 11 is 1.32. The monoisotopic (exact) mass is 245 g/mol. The van der Waals surface area contributed by atoms with Gasteiger partial charge in [0.25, 0.3) is 0 Å². The van der Waals surface area contributed by atoms with Crippen LogP contribution in [0.15, 0.2) is 0 Å². The number of hydrogen-bond donors (Lipinski definition) is 2. The number of hydrogen-bond acceptors (Lipinski definition) is 6. The second kappa shape index (κ2) is 6.05. The summed E-state index contributed by atoms with van der Waals surface area (Å²) in [5, 5.41) is 22.3. The maximum atomic E-state index is 10.7. The molecule has 0 spiro atoms. The fraction of sp³-hybridized carbons (Fsp3) is 0.571. The Labute approximate surface area is 95.4 Å². The van der Waals surface area contributed by atoms with Crippen molar-refractivity contribution < 1.29 is 14.7 Å². The second-order valence-corrected chi connectivity index (χ2v) is 3.92. The van der Waals surface area contributed by atoms with Crippen molar-refractivity contribution >= 4 is 24.1 Å². The minimum absolute atomic E-state index is 0.256. The van der Waals surface area contributed by atoms with E-state index in [1.54, 1.807) is 7.05 Å². The van der Waals surface area contributed by atoms with Crippen LogP contribution >= 0.6 is 11.8 Å². The van der Waals surface area contributed by atoms with Crippen molar-refractivity contribution in [1.82, 2.24) is 25.5 Å². The minimum atomic E-state index is -1.06. The molecule has 0 radical (unpaired) electrons. The van der Waals surface area contributed by atoms with Gasteiger partial charge in [0.05, 0.1) is 12.8 Å². The molecule has 1 heterocycles. The molecule has 0 saturated carbocycles. The first-order chi connectivity index (χ1) is 7.63. The highest BCUT2D eigenvalue weighted by Crippen LogP contribution is 2.08. The van der Waals surface area contributed by atoms with E-state index in [2.05, 4.69) is 20.7 Å². The van der Waals surface area contributed by atoms with Crippen LogP contribution in [0.2, 0.25) is 0 Å². The van der Waals surface area contributed by atoms with Gasteiger partial charge in [-0.15, -0.1) is 10.2 Å². The summed E-state index contributed by atoms with van der Waals surface area (Å²) in [7, 11) is 1.65. The lowest BCUT2D eigenvalue weighted by molar-refractivity contribution is -0.139. The molecule has 88 valence electrons. The lowest BCUT2D eigenvalue weighted by atomic mass is 10.3. The summed E-state index contributed by atoms with van der Waals surface area (Å²) in [5.74, 6) is 0.180. The van der Waals surface area contributed by atoms with E-state index in [0.29, 0.717) is 18.0 Å². The molecule has 2 N–H and O–H groups in total. The van der Waals surface area contributed by atoms with Crippen LogP contribution in [0, 0.1) is 0 Å². The summed E-state index contributed by atoms with van der Waals surface area (Å²) in [6, 6.07) is -0.890. The fourth-order valence-electron chi connectivity index (χ4n) is 0.922. The molecule has 1 amide bonds. The number of tetrazole rings is 1. The maximum absolute atomic E-state index is 10.7. The summed E-state index contributed by atoms with van der Waals surface area (Å²) < 4.78 is 0. The molecular formula is C7H11N5O3S. The molecule has 9 heteroatoms. The Hall–Kier alpha value is -1.64. The normalized spacial score (nSPS) is 12.1. The molecule has 8 nitrogen and oxygen atoms in total. The molecule has 1 atom stereocenters. The van der Waals surface area contributed by atoms with Crippen LogP contribution in [0.25, 0.3) is 0 Å². The number of aliphatic carboxylic acids is 1. The highest BCUT2D eigenvalue weighted by atomic mass is 32.2. The molecule has 1 unspecified atom stereocenters. The van der Waals surface area contributed by atoms with Gasteiger partial charge in [0.15, 0.2) is 5.82 Å². The lowest BCUT2D eigenvalue weighted by Gasteiger charge is -2.09. The molecule has 16 heavy (non-hydrogen) atoms. The van der Waals surface area contributed by atoms with E-state index in [1.165, 1.54) is 16.6 Å². The van der Waals surface area contributed by atoms with E-state index in [9.17, 15) is 9.59 Å². The van der Waals surface area contributed by atoms with Gasteiger partial charge in [0.2, 0.25) is 6.41 Å². The number of carboxylic acids is 1. The third kappa shape index (κ3) is 3.85. The first-order valence-electron chi connectivity index (χ1n) is 4.36. The predicted molar refractivity (Wildman–Crippen MR) is 55.6 cm³/mol. The van der Waals surface area contributed by atoms with Gasteiger partial charge in [-0.1, -0.05) is 0 Å². The fourth-order valence-corrected chi connectivity index (χ4v) is 1.81. The van der Waals surface area contributed by atoms with Crippen LogP contribution < -0.4 is 5.32 Å². The molecule has 1 aromatic rings. The van der Waals surface area contributed by atoms with Crippen molar-refractivity contribution in [2.45, 2.75) is 11.8 Å². The average molecular weight is 245 g/mol. The Bertz CT molecular complexity index is 369. The molecule has 0 saturated heterocycles. The van der Waals surface area contributed by atoms with Gasteiger partial charge in [-0.25, -0.2) is 4.79 Å². The Morgan fingerprint density at radius 1 is 1.75 bits per heavy atom. The zero-order valence-corrected chi connectivity index (χ0v) is 9.35. The second-order valence-electron chi connectivity index (χ2n) is 2.89. The van der Waals surface area contributed by atoms with Gasteiger partial charge in [-0.2, -0.15) is 16.6 Å². The van der Waals surface area contributed by atoms with Gasteiger partial charge < -0.3 is 10.4 Å². The van der Waals surface area contributed by atoms with Crippen molar-refractivity contribution in [2.24, 2.45) is 7.05 Å². The Morgan fingerprint density at radius 3 is 3.00 bits per heavy atom. The molecule has 0 aliphatic carbocycles. The zero-order chi connectivity index (χ0) is 12.0. The van der Waals surface area contributed by atoms with Gasteiger partial charge in [-0.05, 0) is 5.21 Å². The third-order valence-electron chi connectivity index (χ3n) is 1.63. The molecule has 1 aromatic heterocycles. The van der Waals surface area contributed by atoms with E-state index in [4.69, 9.17) is 5.11 Å². The van der Waals surface area contributed by atoms with Crippen molar-refractivity contribution in [3.8, 4) is 0 Å². The van der Waals surface area contributed by atoms with Crippen molar-refractivity contribution in [2.75, 3.05) is 5.75 Å². The van der Waals surface area contributed by atoms with Crippen molar-refractivity contribution in [1.29, 1.82) is 0 Å². The lowest BCUT2D eigenvalue weighted by Crippen LogP contribution is -2.37. The van der Waals surface area contributed by atoms with Crippen LogP contribution in [0.5, 0.6) is 0 Å². The van der Waals surface area contributed by atoms with E-state index in [-0.39, 0.29) is 5.75 Å². The van der Waals surface area contributed by atoms with Crippen LogP contribution in [0.3, 0.4) is 0 Å². The average Bonchev–Trinajstić information content (AvgIpc) is 2.63. The number of carbonyl (C=O) groups is 2. The number of aryl methyl sites for hydroxylation is 1. The van der Waals surface area contributed by atoms with Crippen molar-refractivity contribution in [3.63, 3.8) is 0 Å². The molecule has 0 aliphatic rings. The number of rotatable bonds is 7. The zero-order valence-electron chi connectivity index (χ0n) is 8.53. The number of nitrogens with zero attached hydrogens (tertiary/aromatic N) is 4. The van der Waals surface area contributed by atoms with Gasteiger partial charge in [0, 0.05) is 5.75 Å². The van der Waals surface area contributed by atoms with E-state index in [1.807, 2.05) is 0 Å². The number of carbonyl (C=O) groups excluding carboxylic acids is 1. The summed E-state index contributed by atoms with van der Waals surface area (Å²) in [5.41, 5.74) is 0. The van der Waals surface area contributed by atoms with E-state index >= 15 is 0 Å². The van der Waals surface area contributed by atoms with Crippen LogP contribution in [0.4, 0.5) is 0 Å². The molecule has 0 aromatic carbocycles. The van der Waals surface area contributed by atoms with Crippen molar-refractivity contribution in [3.05, 3.63) is 5.82 Å². The third-order valence-corrected chi connectivity index (χ3v) is 2.66. The Balaban J connectivity index is 2.33. The number of nitrogens with one attached hydrogen (secondary N) is 1. The molecule has 0 bridgehead atoms. The highest BCUT2D eigenvalue weighted by Gasteiger charge is 2.16. The van der Waals surface area contributed by atoms with Gasteiger partial charge >= 0.3 is 5.97 Å². The van der Waals surface area contributed by atoms with Gasteiger partial charge in [0.1, 0.15) is 6.04 Å². The van der Waals surface area contributed by atoms with Gasteiger partial charge in [-0.3, -0.25) is 4.79 Å². The SMILES string of the molecule is Cn1nnc(CSCC(NC=O)C(=O)O)n1. The topological polar surface area (TPSA) is 110 Å². The largest absolute Gasteiger partial charge is 0.480 e. The van der Waals surface area contributed by atoms with Crippen LogP contribution in [-0.4, -0.2) is 49.5 Å². The van der Waals surface area contributed by atoms with E-state index in [0.717, 1.165) is 0 Å². The Morgan fingerprint density at radius 2 is 2.50 bits per heavy atom. The van der Waals surface area contributed by atoms with Crippen LogP contribution in [-0.2, 0) is 22.4 Å². The number of carboxylic acid groups (broad SMARTS) is 1. The number of amides is 1. The number of aromatic nitrogens is 4. The van der Waals surface area contributed by atoms with E-state index < -0.39 is 12.0 Å². The minimum Gasteiger partial charge on any atom is -0.480 e. The molecule has 1 rings (SSSR count).